The zero-order chi connectivity index (χ0) is 8.93. The number of aromatic nitrogens is 3. The minimum Gasteiger partial charge on any atom is -0.322 e. The second-order valence-electron chi connectivity index (χ2n) is 2.67. The summed E-state index contributed by atoms with van der Waals surface area (Å²) >= 11 is 0. The summed E-state index contributed by atoms with van der Waals surface area (Å²) in [4.78, 5) is 7.85. The van der Waals surface area contributed by atoms with E-state index in [2.05, 4.69) is 15.4 Å². The van der Waals surface area contributed by atoms with Crippen LogP contribution in [0.4, 0.5) is 0 Å². The Kier molecular flexibility index (Phi) is 2.22. The van der Waals surface area contributed by atoms with Crippen LogP contribution in [0.5, 0.6) is 0 Å². The molecule has 1 N–H and O–H groups in total. The minimum absolute atomic E-state index is 0.732. The van der Waals surface area contributed by atoms with E-state index in [1.165, 1.54) is 6.33 Å². The van der Waals surface area contributed by atoms with Crippen LogP contribution in [-0.2, 0) is 6.54 Å². The van der Waals surface area contributed by atoms with Crippen molar-refractivity contribution in [1.82, 2.24) is 14.6 Å². The molecule has 0 saturated heterocycles. The molecule has 0 saturated carbocycles. The molecule has 4 heteroatoms. The van der Waals surface area contributed by atoms with Crippen LogP contribution in [0.3, 0.4) is 0 Å². The molecular formula is C9H10N4. The van der Waals surface area contributed by atoms with E-state index in [4.69, 9.17) is 0 Å². The molecule has 2 aromatic rings. The van der Waals surface area contributed by atoms with Crippen molar-refractivity contribution >= 4 is 0 Å². The summed E-state index contributed by atoms with van der Waals surface area (Å²) in [6, 6.07) is 3.93. The second kappa shape index (κ2) is 3.71. The first-order valence-corrected chi connectivity index (χ1v) is 4.06. The first kappa shape index (κ1) is 7.79. The predicted molar refractivity (Wildman–Crippen MR) is 49.5 cm³/mol. The second-order valence-corrected chi connectivity index (χ2v) is 2.67. The third kappa shape index (κ3) is 2.05. The molecule has 0 atom stereocenters. The molecule has 66 valence electrons. The van der Waals surface area contributed by atoms with E-state index < -0.39 is 0 Å². The highest BCUT2D eigenvalue weighted by atomic mass is 15.4. The van der Waals surface area contributed by atoms with Crippen LogP contribution >= 0.6 is 0 Å². The Hall–Kier alpha value is -1.84. The van der Waals surface area contributed by atoms with Crippen LogP contribution in [0.1, 0.15) is 5.56 Å². The lowest BCUT2D eigenvalue weighted by Gasteiger charge is -2.05. The van der Waals surface area contributed by atoms with Crippen molar-refractivity contribution in [3.63, 3.8) is 0 Å². The molecule has 13 heavy (non-hydrogen) atoms. The largest absolute Gasteiger partial charge is 0.322 e. The third-order valence-corrected chi connectivity index (χ3v) is 1.68. The van der Waals surface area contributed by atoms with Crippen LogP contribution in [-0.4, -0.2) is 14.6 Å². The lowest BCUT2D eigenvalue weighted by atomic mass is 10.3. The average molecular weight is 174 g/mol. The smallest absolute Gasteiger partial charge is 0.115 e. The standard InChI is InChI=1S/C9H10N4/c1-2-4-13(3-1)12-7-9-5-10-8-11-6-9/h1-6,8,12H,7H2. The minimum atomic E-state index is 0.732. The highest BCUT2D eigenvalue weighted by Crippen LogP contribution is 1.93. The fourth-order valence-corrected chi connectivity index (χ4v) is 1.04. The van der Waals surface area contributed by atoms with Crippen molar-refractivity contribution in [3.05, 3.63) is 48.8 Å². The Morgan fingerprint density at radius 1 is 1.15 bits per heavy atom. The summed E-state index contributed by atoms with van der Waals surface area (Å²) in [7, 11) is 0. The molecule has 0 spiro atoms. The predicted octanol–water partition coefficient (Wildman–Crippen LogP) is 1.02. The molecule has 0 bridgehead atoms. The van der Waals surface area contributed by atoms with Crippen LogP contribution in [0, 0.1) is 0 Å². The summed E-state index contributed by atoms with van der Waals surface area (Å²) < 4.78 is 1.90. The molecule has 0 unspecified atom stereocenters. The highest BCUT2D eigenvalue weighted by molar-refractivity contribution is 5.05. The first-order chi connectivity index (χ1) is 6.45. The van der Waals surface area contributed by atoms with Crippen molar-refractivity contribution < 1.29 is 0 Å². The molecule has 2 heterocycles. The fourth-order valence-electron chi connectivity index (χ4n) is 1.04. The summed E-state index contributed by atoms with van der Waals surface area (Å²) in [5.41, 5.74) is 4.24. The molecule has 0 amide bonds. The van der Waals surface area contributed by atoms with Crippen molar-refractivity contribution in [2.75, 3.05) is 5.43 Å². The Labute approximate surface area is 76.2 Å². The van der Waals surface area contributed by atoms with Gasteiger partial charge in [0, 0.05) is 30.4 Å². The summed E-state index contributed by atoms with van der Waals surface area (Å²) in [5.74, 6) is 0. The Bertz CT molecular complexity index is 341. The maximum Gasteiger partial charge on any atom is 0.115 e. The monoisotopic (exact) mass is 174 g/mol. The van der Waals surface area contributed by atoms with Gasteiger partial charge in [0.25, 0.3) is 0 Å². The van der Waals surface area contributed by atoms with E-state index >= 15 is 0 Å². The molecule has 0 fully saturated rings. The van der Waals surface area contributed by atoms with E-state index in [-0.39, 0.29) is 0 Å². The molecular weight excluding hydrogens is 164 g/mol. The van der Waals surface area contributed by atoms with Crippen molar-refractivity contribution in [3.8, 4) is 0 Å². The van der Waals surface area contributed by atoms with Gasteiger partial charge in [-0.1, -0.05) is 0 Å². The van der Waals surface area contributed by atoms with E-state index in [9.17, 15) is 0 Å². The van der Waals surface area contributed by atoms with Crippen LogP contribution in [0.2, 0.25) is 0 Å². The molecule has 0 aliphatic rings. The SMILES string of the molecule is c1ccn(NCc2cncnc2)c1. The number of rotatable bonds is 3. The summed E-state index contributed by atoms with van der Waals surface area (Å²) in [6.07, 6.45) is 9.01. The first-order valence-electron chi connectivity index (χ1n) is 4.06. The van der Waals surface area contributed by atoms with Crippen LogP contribution in [0.15, 0.2) is 43.2 Å². The number of nitrogens with one attached hydrogen (secondary N) is 1. The van der Waals surface area contributed by atoms with Gasteiger partial charge in [-0.05, 0) is 12.1 Å². The molecule has 4 nitrogen and oxygen atoms in total. The molecule has 0 aromatic carbocycles. The Morgan fingerprint density at radius 3 is 2.54 bits per heavy atom. The van der Waals surface area contributed by atoms with E-state index in [1.54, 1.807) is 12.4 Å². The van der Waals surface area contributed by atoms with E-state index in [0.717, 1.165) is 12.1 Å². The fraction of sp³-hybridized carbons (Fsp3) is 0.111. The van der Waals surface area contributed by atoms with Gasteiger partial charge in [-0.25, -0.2) is 9.97 Å². The molecule has 2 rings (SSSR count). The number of hydrogen-bond donors (Lipinski definition) is 1. The van der Waals surface area contributed by atoms with Gasteiger partial charge in [-0.2, -0.15) is 0 Å². The van der Waals surface area contributed by atoms with Gasteiger partial charge in [0.05, 0.1) is 6.54 Å². The normalized spacial score (nSPS) is 9.85. The Balaban J connectivity index is 1.94. The molecule has 0 aliphatic heterocycles. The quantitative estimate of drug-likeness (QED) is 0.755. The van der Waals surface area contributed by atoms with Gasteiger partial charge in [-0.15, -0.1) is 0 Å². The van der Waals surface area contributed by atoms with Crippen LogP contribution < -0.4 is 5.43 Å². The topological polar surface area (TPSA) is 42.7 Å². The molecule has 0 aliphatic carbocycles. The lowest BCUT2D eigenvalue weighted by Crippen LogP contribution is -2.11. The van der Waals surface area contributed by atoms with E-state index in [1.807, 2.05) is 29.2 Å². The van der Waals surface area contributed by atoms with Gasteiger partial charge in [0.2, 0.25) is 0 Å². The summed E-state index contributed by atoms with van der Waals surface area (Å²) in [5, 5.41) is 0. The lowest BCUT2D eigenvalue weighted by molar-refractivity contribution is 0.839. The van der Waals surface area contributed by atoms with Gasteiger partial charge < -0.3 is 5.43 Å². The van der Waals surface area contributed by atoms with Crippen molar-refractivity contribution in [1.29, 1.82) is 0 Å². The van der Waals surface area contributed by atoms with Crippen molar-refractivity contribution in [2.24, 2.45) is 0 Å². The van der Waals surface area contributed by atoms with Crippen molar-refractivity contribution in [2.45, 2.75) is 6.54 Å². The zero-order valence-electron chi connectivity index (χ0n) is 7.09. The average Bonchev–Trinajstić information content (AvgIpc) is 2.69. The number of nitrogens with zero attached hydrogens (tertiary/aromatic N) is 3. The third-order valence-electron chi connectivity index (χ3n) is 1.68. The van der Waals surface area contributed by atoms with Gasteiger partial charge in [-0.3, -0.25) is 4.68 Å². The van der Waals surface area contributed by atoms with Gasteiger partial charge in [0.15, 0.2) is 0 Å². The number of hydrogen-bond acceptors (Lipinski definition) is 3. The van der Waals surface area contributed by atoms with Gasteiger partial charge in [0.1, 0.15) is 6.33 Å². The zero-order valence-corrected chi connectivity index (χ0v) is 7.09. The van der Waals surface area contributed by atoms with Crippen LogP contribution in [0.25, 0.3) is 0 Å². The van der Waals surface area contributed by atoms with E-state index in [0.29, 0.717) is 0 Å². The van der Waals surface area contributed by atoms with Gasteiger partial charge >= 0.3 is 0 Å². The summed E-state index contributed by atoms with van der Waals surface area (Å²) in [6.45, 7) is 0.732. The molecule has 0 radical (unpaired) electrons. The maximum atomic E-state index is 3.92. The molecule has 2 aromatic heterocycles. The Morgan fingerprint density at radius 2 is 1.85 bits per heavy atom. The maximum absolute atomic E-state index is 3.92. The highest BCUT2D eigenvalue weighted by Gasteiger charge is 1.90.